The topological polar surface area (TPSA) is 56.3 Å². The summed E-state index contributed by atoms with van der Waals surface area (Å²) < 4.78 is 1.00. The van der Waals surface area contributed by atoms with Gasteiger partial charge in [-0.25, -0.2) is 0 Å². The molecule has 102 valence electrons. The fraction of sp³-hybridized carbons (Fsp3) is 0.133. The van der Waals surface area contributed by atoms with Gasteiger partial charge in [-0.2, -0.15) is 5.06 Å². The number of carbonyl (C=O) groups excluding carboxylic acids is 1. The van der Waals surface area contributed by atoms with Crippen LogP contribution in [0.1, 0.15) is 22.5 Å². The lowest BCUT2D eigenvalue weighted by atomic mass is 10.1. The van der Waals surface area contributed by atoms with Crippen molar-refractivity contribution in [2.45, 2.75) is 13.8 Å². The Morgan fingerprint density at radius 2 is 2.00 bits per heavy atom. The van der Waals surface area contributed by atoms with Gasteiger partial charge in [0.2, 0.25) is 0 Å². The number of H-pyrrole nitrogens is 1. The molecule has 1 aliphatic heterocycles. The van der Waals surface area contributed by atoms with Crippen molar-refractivity contribution in [1.82, 2.24) is 4.98 Å². The van der Waals surface area contributed by atoms with Gasteiger partial charge in [0.15, 0.2) is 0 Å². The molecule has 0 radical (unpaired) electrons. The molecule has 0 bridgehead atoms. The van der Waals surface area contributed by atoms with E-state index in [-0.39, 0.29) is 0 Å². The summed E-state index contributed by atoms with van der Waals surface area (Å²) in [5.41, 5.74) is 4.65. The van der Waals surface area contributed by atoms with Crippen LogP contribution in [0.25, 0.3) is 11.6 Å². The van der Waals surface area contributed by atoms with Gasteiger partial charge in [0.05, 0.1) is 11.3 Å². The number of anilines is 1. The number of rotatable bonds is 1. The standard InChI is InChI=1S/C15H13BrN2O2/c1-8-12(17-9(2)14(8)16)7-11-10-5-3-4-6-13(10)18(20)15(11)19/h3-7,17,20H,1-2H3/b11-7-. The number of benzene rings is 1. The summed E-state index contributed by atoms with van der Waals surface area (Å²) in [6.45, 7) is 3.93. The van der Waals surface area contributed by atoms with Gasteiger partial charge >= 0.3 is 0 Å². The first-order valence-corrected chi connectivity index (χ1v) is 6.99. The summed E-state index contributed by atoms with van der Waals surface area (Å²) in [7, 11) is 0. The Hall–Kier alpha value is -1.85. The highest BCUT2D eigenvalue weighted by molar-refractivity contribution is 9.10. The van der Waals surface area contributed by atoms with Crippen molar-refractivity contribution in [3.63, 3.8) is 0 Å². The first-order chi connectivity index (χ1) is 9.50. The van der Waals surface area contributed by atoms with E-state index >= 15 is 0 Å². The highest BCUT2D eigenvalue weighted by Crippen LogP contribution is 2.37. The van der Waals surface area contributed by atoms with Crippen LogP contribution >= 0.6 is 15.9 Å². The monoisotopic (exact) mass is 332 g/mol. The number of nitrogens with zero attached hydrogens (tertiary/aromatic N) is 1. The molecular formula is C15H13BrN2O2. The molecular weight excluding hydrogens is 320 g/mol. The maximum absolute atomic E-state index is 12.2. The molecule has 2 aromatic rings. The van der Waals surface area contributed by atoms with E-state index in [1.165, 1.54) is 0 Å². The molecule has 20 heavy (non-hydrogen) atoms. The van der Waals surface area contributed by atoms with Crippen molar-refractivity contribution in [2.24, 2.45) is 0 Å². The predicted octanol–water partition coefficient (Wildman–Crippen LogP) is 3.67. The molecule has 1 amide bonds. The summed E-state index contributed by atoms with van der Waals surface area (Å²) in [5.74, 6) is -0.408. The quantitative estimate of drug-likeness (QED) is 0.618. The molecule has 1 aromatic carbocycles. The number of fused-ring (bicyclic) bond motifs is 1. The van der Waals surface area contributed by atoms with Crippen LogP contribution in [0.15, 0.2) is 28.7 Å². The van der Waals surface area contributed by atoms with Gasteiger partial charge in [0, 0.05) is 21.4 Å². The zero-order chi connectivity index (χ0) is 14.4. The summed E-state index contributed by atoms with van der Waals surface area (Å²) in [5, 5.41) is 10.5. The maximum Gasteiger partial charge on any atom is 0.282 e. The highest BCUT2D eigenvalue weighted by atomic mass is 79.9. The second-order valence-corrected chi connectivity index (χ2v) is 5.59. The molecule has 4 nitrogen and oxygen atoms in total. The smallest absolute Gasteiger partial charge is 0.282 e. The predicted molar refractivity (Wildman–Crippen MR) is 81.6 cm³/mol. The van der Waals surface area contributed by atoms with Gasteiger partial charge in [-0.05, 0) is 47.5 Å². The van der Waals surface area contributed by atoms with Gasteiger partial charge in [0.25, 0.3) is 5.91 Å². The minimum absolute atomic E-state index is 0.408. The van der Waals surface area contributed by atoms with Crippen LogP contribution in [0.5, 0.6) is 0 Å². The van der Waals surface area contributed by atoms with E-state index in [1.807, 2.05) is 26.0 Å². The largest absolute Gasteiger partial charge is 0.358 e. The van der Waals surface area contributed by atoms with Gasteiger partial charge in [-0.15, -0.1) is 0 Å². The van der Waals surface area contributed by atoms with Crippen molar-refractivity contribution in [2.75, 3.05) is 5.06 Å². The molecule has 1 aromatic heterocycles. The Morgan fingerprint density at radius 1 is 1.30 bits per heavy atom. The fourth-order valence-corrected chi connectivity index (χ4v) is 2.72. The Balaban J connectivity index is 2.17. The van der Waals surface area contributed by atoms with Crippen LogP contribution in [-0.4, -0.2) is 16.1 Å². The lowest BCUT2D eigenvalue weighted by molar-refractivity contribution is -0.117. The number of halogens is 1. The molecule has 1 aliphatic rings. The Bertz CT molecular complexity index is 746. The Morgan fingerprint density at radius 3 is 2.65 bits per heavy atom. The SMILES string of the molecule is Cc1[nH]c(/C=C2\C(=O)N(O)c3ccccc32)c(C)c1Br. The zero-order valence-corrected chi connectivity index (χ0v) is 12.7. The third-order valence-corrected chi connectivity index (χ3v) is 4.71. The van der Waals surface area contributed by atoms with E-state index < -0.39 is 5.91 Å². The maximum atomic E-state index is 12.2. The molecule has 0 unspecified atom stereocenters. The molecule has 0 spiro atoms. The minimum atomic E-state index is -0.408. The van der Waals surface area contributed by atoms with Gasteiger partial charge in [-0.3, -0.25) is 10.0 Å². The molecule has 0 saturated heterocycles. The lowest BCUT2D eigenvalue weighted by Crippen LogP contribution is -2.21. The van der Waals surface area contributed by atoms with Crippen LogP contribution in [0.3, 0.4) is 0 Å². The third-order valence-electron chi connectivity index (χ3n) is 3.52. The van der Waals surface area contributed by atoms with Crippen molar-refractivity contribution in [3.05, 3.63) is 51.3 Å². The fourth-order valence-electron chi connectivity index (χ4n) is 2.40. The number of aromatic amines is 1. The average molecular weight is 333 g/mol. The first kappa shape index (κ1) is 13.1. The number of amides is 1. The number of carbonyl (C=O) groups is 1. The Labute approximate surface area is 124 Å². The molecule has 2 heterocycles. The van der Waals surface area contributed by atoms with E-state index in [2.05, 4.69) is 20.9 Å². The zero-order valence-electron chi connectivity index (χ0n) is 11.1. The number of aromatic nitrogens is 1. The van der Waals surface area contributed by atoms with Crippen molar-refractivity contribution in [3.8, 4) is 0 Å². The van der Waals surface area contributed by atoms with Gasteiger partial charge < -0.3 is 4.98 Å². The number of hydrogen-bond donors (Lipinski definition) is 2. The number of para-hydroxylation sites is 1. The van der Waals surface area contributed by atoms with Crippen LogP contribution in [-0.2, 0) is 4.79 Å². The molecule has 0 aliphatic carbocycles. The summed E-state index contributed by atoms with van der Waals surface area (Å²) in [4.78, 5) is 15.4. The number of nitrogens with one attached hydrogen (secondary N) is 1. The Kier molecular flexibility index (Phi) is 3.03. The average Bonchev–Trinajstić information content (AvgIpc) is 2.83. The second kappa shape index (κ2) is 4.61. The lowest BCUT2D eigenvalue weighted by Gasteiger charge is -2.05. The number of aryl methyl sites for hydroxylation is 1. The van der Waals surface area contributed by atoms with Gasteiger partial charge in [-0.1, -0.05) is 18.2 Å². The van der Waals surface area contributed by atoms with E-state index in [1.54, 1.807) is 18.2 Å². The summed E-state index contributed by atoms with van der Waals surface area (Å²) in [6.07, 6.45) is 1.78. The van der Waals surface area contributed by atoms with E-state index in [0.717, 1.165) is 27.0 Å². The first-order valence-electron chi connectivity index (χ1n) is 6.20. The van der Waals surface area contributed by atoms with Gasteiger partial charge in [0.1, 0.15) is 0 Å². The van der Waals surface area contributed by atoms with Crippen molar-refractivity contribution < 1.29 is 10.0 Å². The summed E-state index contributed by atoms with van der Waals surface area (Å²) in [6, 6.07) is 7.19. The van der Waals surface area contributed by atoms with E-state index in [9.17, 15) is 10.0 Å². The molecule has 0 fully saturated rings. The van der Waals surface area contributed by atoms with E-state index in [4.69, 9.17) is 0 Å². The summed E-state index contributed by atoms with van der Waals surface area (Å²) >= 11 is 3.50. The molecule has 3 rings (SSSR count). The van der Waals surface area contributed by atoms with Crippen molar-refractivity contribution in [1.29, 1.82) is 0 Å². The van der Waals surface area contributed by atoms with E-state index in [0.29, 0.717) is 16.3 Å². The molecule has 0 atom stereocenters. The molecule has 5 heteroatoms. The number of hydrogen-bond acceptors (Lipinski definition) is 2. The van der Waals surface area contributed by atoms with Crippen LogP contribution < -0.4 is 5.06 Å². The molecule has 2 N–H and O–H groups in total. The van der Waals surface area contributed by atoms with Crippen LogP contribution in [0.4, 0.5) is 5.69 Å². The van der Waals surface area contributed by atoms with Crippen LogP contribution in [0.2, 0.25) is 0 Å². The normalized spacial score (nSPS) is 16.1. The molecule has 0 saturated carbocycles. The van der Waals surface area contributed by atoms with Crippen LogP contribution in [0, 0.1) is 13.8 Å². The number of hydroxylamine groups is 1. The second-order valence-electron chi connectivity index (χ2n) is 4.79. The third kappa shape index (κ3) is 1.82. The van der Waals surface area contributed by atoms with Crippen molar-refractivity contribution >= 4 is 39.2 Å². The highest BCUT2D eigenvalue weighted by Gasteiger charge is 2.31. The minimum Gasteiger partial charge on any atom is -0.358 e.